The highest BCUT2D eigenvalue weighted by Crippen LogP contribution is 2.36. The van der Waals surface area contributed by atoms with Gasteiger partial charge in [0, 0.05) is 22.7 Å². The van der Waals surface area contributed by atoms with Crippen LogP contribution >= 0.6 is 15.9 Å². The van der Waals surface area contributed by atoms with Gasteiger partial charge in [0.25, 0.3) is 0 Å². The van der Waals surface area contributed by atoms with Crippen molar-refractivity contribution >= 4 is 21.7 Å². The maximum atomic E-state index is 13.3. The van der Waals surface area contributed by atoms with Crippen LogP contribution in [-0.4, -0.2) is 17.7 Å². The lowest BCUT2D eigenvalue weighted by Gasteiger charge is -2.30. The van der Waals surface area contributed by atoms with Crippen LogP contribution in [0.5, 0.6) is 5.75 Å². The third-order valence-corrected chi connectivity index (χ3v) is 5.93. The molecule has 0 saturated heterocycles. The summed E-state index contributed by atoms with van der Waals surface area (Å²) in [5.41, 5.74) is 3.62. The third kappa shape index (κ3) is 5.16. The lowest BCUT2D eigenvalue weighted by atomic mass is 9.72. The van der Waals surface area contributed by atoms with E-state index in [2.05, 4.69) is 47.1 Å². The molecule has 0 aliphatic rings. The van der Waals surface area contributed by atoms with Crippen LogP contribution in [-0.2, 0) is 5.41 Å². The highest BCUT2D eigenvalue weighted by molar-refractivity contribution is 9.09. The predicted octanol–water partition coefficient (Wildman–Crippen LogP) is 6.74. The molecule has 0 amide bonds. The molecule has 0 heterocycles. The molecule has 3 aromatic carbocycles. The first-order chi connectivity index (χ1) is 14.0. The van der Waals surface area contributed by atoms with Crippen LogP contribution in [0.1, 0.15) is 46.8 Å². The van der Waals surface area contributed by atoms with Crippen LogP contribution in [0.3, 0.4) is 0 Å². The molecule has 3 heteroatoms. The van der Waals surface area contributed by atoms with E-state index in [0.717, 1.165) is 39.8 Å². The number of hydrogen-bond donors (Lipinski definition) is 0. The van der Waals surface area contributed by atoms with Crippen LogP contribution in [0, 0.1) is 6.92 Å². The maximum absolute atomic E-state index is 13.3. The van der Waals surface area contributed by atoms with Crippen molar-refractivity contribution < 1.29 is 9.53 Å². The van der Waals surface area contributed by atoms with E-state index in [9.17, 15) is 4.79 Å². The van der Waals surface area contributed by atoms with Crippen molar-refractivity contribution in [1.82, 2.24) is 0 Å². The number of carbonyl (C=O) groups excluding carboxylic acids is 1. The summed E-state index contributed by atoms with van der Waals surface area (Å²) in [5.74, 6) is 0.978. The van der Waals surface area contributed by atoms with Crippen LogP contribution in [0.25, 0.3) is 0 Å². The van der Waals surface area contributed by atoms with Gasteiger partial charge in [0.1, 0.15) is 5.75 Å². The summed E-state index contributed by atoms with van der Waals surface area (Å²) in [6, 6.07) is 26.3. The second-order valence-electron chi connectivity index (χ2n) is 7.54. The summed E-state index contributed by atoms with van der Waals surface area (Å²) in [5, 5.41) is 0.917. The lowest BCUT2D eigenvalue weighted by molar-refractivity contribution is 0.0962. The Kier molecular flexibility index (Phi) is 7.27. The Hall–Kier alpha value is -2.39. The van der Waals surface area contributed by atoms with Crippen molar-refractivity contribution in [3.63, 3.8) is 0 Å². The topological polar surface area (TPSA) is 26.3 Å². The number of rotatable bonds is 9. The lowest BCUT2D eigenvalue weighted by Crippen LogP contribution is -2.27. The van der Waals surface area contributed by atoms with Crippen molar-refractivity contribution in [3.8, 4) is 5.75 Å². The zero-order valence-corrected chi connectivity index (χ0v) is 18.6. The Morgan fingerprint density at radius 1 is 0.931 bits per heavy atom. The van der Waals surface area contributed by atoms with Crippen LogP contribution in [0.4, 0.5) is 0 Å². The van der Waals surface area contributed by atoms with Crippen molar-refractivity contribution in [3.05, 3.63) is 101 Å². The van der Waals surface area contributed by atoms with Crippen molar-refractivity contribution in [2.75, 3.05) is 11.9 Å². The summed E-state index contributed by atoms with van der Waals surface area (Å²) in [4.78, 5) is 13.3. The Bertz CT molecular complexity index is 896. The largest absolute Gasteiger partial charge is 0.493 e. The van der Waals surface area contributed by atoms with Gasteiger partial charge in [-0.1, -0.05) is 83.5 Å². The van der Waals surface area contributed by atoms with E-state index in [1.165, 1.54) is 0 Å². The molecule has 0 aliphatic carbocycles. The minimum Gasteiger partial charge on any atom is -0.493 e. The van der Waals surface area contributed by atoms with E-state index >= 15 is 0 Å². The van der Waals surface area contributed by atoms with Gasteiger partial charge in [0.15, 0.2) is 5.78 Å². The third-order valence-electron chi connectivity index (χ3n) is 5.37. The Labute approximate surface area is 182 Å². The fourth-order valence-corrected chi connectivity index (χ4v) is 3.86. The quantitative estimate of drug-likeness (QED) is 0.205. The number of aryl methyl sites for hydroxylation is 1. The fraction of sp³-hybridized carbons (Fsp3) is 0.269. The first-order valence-corrected chi connectivity index (χ1v) is 11.1. The monoisotopic (exact) mass is 450 g/mol. The van der Waals surface area contributed by atoms with Gasteiger partial charge in [-0.3, -0.25) is 4.79 Å². The molecule has 0 saturated carbocycles. The van der Waals surface area contributed by atoms with Gasteiger partial charge in [-0.15, -0.1) is 0 Å². The fourth-order valence-electron chi connectivity index (χ4n) is 3.63. The molecular weight excluding hydrogens is 424 g/mol. The Morgan fingerprint density at radius 3 is 2.03 bits per heavy atom. The number of ether oxygens (including phenoxy) is 1. The zero-order chi connectivity index (χ0) is 20.7. The number of carbonyl (C=O) groups is 1. The average Bonchev–Trinajstić information content (AvgIpc) is 2.76. The molecule has 0 N–H and O–H groups in total. The van der Waals surface area contributed by atoms with Gasteiger partial charge in [-0.25, -0.2) is 0 Å². The van der Waals surface area contributed by atoms with Crippen molar-refractivity contribution in [1.29, 1.82) is 0 Å². The maximum Gasteiger partial charge on any atom is 0.164 e. The first-order valence-electron chi connectivity index (χ1n) is 9.98. The number of ketones is 1. The molecule has 0 radical (unpaired) electrons. The van der Waals surface area contributed by atoms with E-state index in [1.54, 1.807) is 0 Å². The summed E-state index contributed by atoms with van der Waals surface area (Å²) < 4.78 is 5.81. The molecule has 3 aromatic rings. The molecule has 0 aromatic heterocycles. The van der Waals surface area contributed by atoms with Gasteiger partial charge in [0.05, 0.1) is 6.61 Å². The van der Waals surface area contributed by atoms with Crippen LogP contribution < -0.4 is 4.74 Å². The minimum atomic E-state index is -0.390. The van der Waals surface area contributed by atoms with E-state index < -0.39 is 5.41 Å². The van der Waals surface area contributed by atoms with E-state index in [4.69, 9.17) is 4.74 Å². The molecule has 29 heavy (non-hydrogen) atoms. The van der Waals surface area contributed by atoms with Crippen LogP contribution in [0.15, 0.2) is 78.9 Å². The summed E-state index contributed by atoms with van der Waals surface area (Å²) in [7, 11) is 0. The molecule has 3 rings (SSSR count). The minimum absolute atomic E-state index is 0.135. The molecule has 0 aliphatic heterocycles. The molecule has 0 fully saturated rings. The van der Waals surface area contributed by atoms with Gasteiger partial charge in [0.2, 0.25) is 0 Å². The van der Waals surface area contributed by atoms with E-state index in [1.807, 2.05) is 61.5 Å². The second kappa shape index (κ2) is 9.89. The molecule has 0 spiro atoms. The number of hydrogen-bond acceptors (Lipinski definition) is 2. The molecule has 2 nitrogen and oxygen atoms in total. The molecule has 0 atom stereocenters. The number of benzene rings is 3. The SMILES string of the molecule is Cc1cc(C(=O)CC(C)(c2ccccc2)c2ccccc2)ccc1OCCCBr. The summed E-state index contributed by atoms with van der Waals surface area (Å²) in [6.07, 6.45) is 1.36. The number of alkyl halides is 1. The molecular formula is C26H27BrO2. The van der Waals surface area contributed by atoms with Crippen molar-refractivity contribution in [2.24, 2.45) is 0 Å². The number of Topliss-reactive ketones (excluding diaryl/α,β-unsaturated/α-hetero) is 1. The Balaban J connectivity index is 1.87. The van der Waals surface area contributed by atoms with Gasteiger partial charge < -0.3 is 4.74 Å². The predicted molar refractivity (Wildman–Crippen MR) is 123 cm³/mol. The summed E-state index contributed by atoms with van der Waals surface area (Å²) >= 11 is 3.41. The van der Waals surface area contributed by atoms with Crippen LogP contribution in [0.2, 0.25) is 0 Å². The van der Waals surface area contributed by atoms with E-state index in [-0.39, 0.29) is 5.78 Å². The van der Waals surface area contributed by atoms with E-state index in [0.29, 0.717) is 13.0 Å². The highest BCUT2D eigenvalue weighted by atomic mass is 79.9. The van der Waals surface area contributed by atoms with Gasteiger partial charge in [-0.2, -0.15) is 0 Å². The van der Waals surface area contributed by atoms with Gasteiger partial charge in [-0.05, 0) is 48.2 Å². The highest BCUT2D eigenvalue weighted by Gasteiger charge is 2.32. The standard InChI is InChI=1S/C26H27BrO2/c1-20-18-21(14-15-25(20)29-17-9-16-27)24(28)19-26(2,22-10-5-3-6-11-22)23-12-7-4-8-13-23/h3-8,10-15,18H,9,16-17,19H2,1-2H3. The average molecular weight is 451 g/mol. The first kappa shape index (κ1) is 21.3. The number of halogens is 1. The van der Waals surface area contributed by atoms with Gasteiger partial charge >= 0.3 is 0 Å². The second-order valence-corrected chi connectivity index (χ2v) is 8.33. The molecule has 150 valence electrons. The molecule has 0 bridgehead atoms. The van der Waals surface area contributed by atoms with Crippen molar-refractivity contribution in [2.45, 2.75) is 32.1 Å². The zero-order valence-electron chi connectivity index (χ0n) is 17.0. The normalized spacial score (nSPS) is 11.3. The molecule has 0 unspecified atom stereocenters. The Morgan fingerprint density at radius 2 is 1.52 bits per heavy atom. The smallest absolute Gasteiger partial charge is 0.164 e. The summed E-state index contributed by atoms with van der Waals surface area (Å²) in [6.45, 7) is 4.81.